The molecule has 0 bridgehead atoms. The average Bonchev–Trinajstić information content (AvgIpc) is 2.85. The van der Waals surface area contributed by atoms with Gasteiger partial charge in [0.2, 0.25) is 4.96 Å². The zero-order valence-electron chi connectivity index (χ0n) is 11.6. The predicted molar refractivity (Wildman–Crippen MR) is 79.7 cm³/mol. The van der Waals surface area contributed by atoms with E-state index in [2.05, 4.69) is 55.1 Å². The maximum absolute atomic E-state index is 4.61. The third-order valence-electron chi connectivity index (χ3n) is 3.19. The van der Waals surface area contributed by atoms with E-state index in [1.54, 1.807) is 11.3 Å². The highest BCUT2D eigenvalue weighted by Crippen LogP contribution is 2.26. The number of hydrogen-bond acceptors (Lipinski definition) is 3. The molecule has 0 atom stereocenters. The van der Waals surface area contributed by atoms with Gasteiger partial charge in [-0.25, -0.2) is 9.50 Å². The Kier molecular flexibility index (Phi) is 2.71. The molecule has 3 nitrogen and oxygen atoms in total. The summed E-state index contributed by atoms with van der Waals surface area (Å²) in [6.45, 7) is 8.67. The lowest BCUT2D eigenvalue weighted by Gasteiger charge is -2.18. The molecule has 0 aliphatic heterocycles. The normalized spacial score (nSPS) is 12.2. The molecular weight excluding hydrogens is 254 g/mol. The van der Waals surface area contributed by atoms with Crippen LogP contribution in [-0.4, -0.2) is 14.6 Å². The summed E-state index contributed by atoms with van der Waals surface area (Å²) in [5, 5.41) is 5.43. The number of benzene rings is 1. The van der Waals surface area contributed by atoms with Crippen molar-refractivity contribution in [2.45, 2.75) is 33.1 Å². The summed E-state index contributed by atoms with van der Waals surface area (Å²) >= 11 is 1.62. The zero-order valence-corrected chi connectivity index (χ0v) is 12.5. The number of aryl methyl sites for hydroxylation is 1. The largest absolute Gasteiger partial charge is 0.217 e. The van der Waals surface area contributed by atoms with Crippen molar-refractivity contribution in [2.24, 2.45) is 0 Å². The monoisotopic (exact) mass is 271 g/mol. The van der Waals surface area contributed by atoms with E-state index in [1.165, 1.54) is 5.56 Å². The van der Waals surface area contributed by atoms with E-state index in [0.29, 0.717) is 0 Å². The van der Waals surface area contributed by atoms with Crippen LogP contribution in [0.25, 0.3) is 16.2 Å². The molecule has 0 unspecified atom stereocenters. The van der Waals surface area contributed by atoms with Crippen molar-refractivity contribution in [3.05, 3.63) is 41.0 Å². The summed E-state index contributed by atoms with van der Waals surface area (Å²) in [5.74, 6) is 0. The summed E-state index contributed by atoms with van der Waals surface area (Å²) in [7, 11) is 0. The third-order valence-corrected chi connectivity index (χ3v) is 4.03. The maximum atomic E-state index is 4.61. The fourth-order valence-corrected chi connectivity index (χ4v) is 2.80. The van der Waals surface area contributed by atoms with Crippen LogP contribution < -0.4 is 0 Å². The van der Waals surface area contributed by atoms with Gasteiger partial charge in [-0.1, -0.05) is 56.4 Å². The van der Waals surface area contributed by atoms with Crippen molar-refractivity contribution in [2.75, 3.05) is 0 Å². The number of rotatable bonds is 1. The van der Waals surface area contributed by atoms with Gasteiger partial charge in [-0.15, -0.1) is 0 Å². The van der Waals surface area contributed by atoms with Crippen LogP contribution in [0.1, 0.15) is 31.3 Å². The second-order valence-corrected chi connectivity index (χ2v) is 6.96. The van der Waals surface area contributed by atoms with Crippen LogP contribution in [0.3, 0.4) is 0 Å². The molecule has 0 radical (unpaired) electrons. The van der Waals surface area contributed by atoms with E-state index in [0.717, 1.165) is 21.2 Å². The zero-order chi connectivity index (χ0) is 13.6. The first-order chi connectivity index (χ1) is 8.93. The second-order valence-electron chi connectivity index (χ2n) is 5.80. The number of nitrogens with zero attached hydrogens (tertiary/aromatic N) is 3. The number of fused-ring (bicyclic) bond motifs is 1. The van der Waals surface area contributed by atoms with Crippen LogP contribution in [0, 0.1) is 6.92 Å². The summed E-state index contributed by atoms with van der Waals surface area (Å²) in [6.07, 6.45) is 1.99. The van der Waals surface area contributed by atoms with Crippen molar-refractivity contribution in [1.29, 1.82) is 0 Å². The van der Waals surface area contributed by atoms with Gasteiger partial charge in [0.1, 0.15) is 5.01 Å². The summed E-state index contributed by atoms with van der Waals surface area (Å²) in [5.41, 5.74) is 3.65. The average molecular weight is 271 g/mol. The van der Waals surface area contributed by atoms with Crippen molar-refractivity contribution in [1.82, 2.24) is 14.6 Å². The van der Waals surface area contributed by atoms with E-state index in [9.17, 15) is 0 Å². The molecule has 0 saturated carbocycles. The molecule has 3 rings (SSSR count). The van der Waals surface area contributed by atoms with Gasteiger partial charge in [0, 0.05) is 5.56 Å². The smallest absolute Gasteiger partial charge is 0.212 e. The Balaban J connectivity index is 1.99. The Morgan fingerprint density at radius 2 is 1.79 bits per heavy atom. The van der Waals surface area contributed by atoms with E-state index < -0.39 is 0 Å². The summed E-state index contributed by atoms with van der Waals surface area (Å²) in [6, 6.07) is 8.64. The lowest BCUT2D eigenvalue weighted by atomic mass is 9.86. The third kappa shape index (κ3) is 2.28. The summed E-state index contributed by atoms with van der Waals surface area (Å²) in [4.78, 5) is 5.57. The molecule has 4 heteroatoms. The van der Waals surface area contributed by atoms with Crippen LogP contribution in [-0.2, 0) is 5.41 Å². The molecule has 0 aliphatic rings. The van der Waals surface area contributed by atoms with Crippen LogP contribution in [0.5, 0.6) is 0 Å². The molecule has 2 heterocycles. The molecule has 2 aromatic heterocycles. The highest BCUT2D eigenvalue weighted by Gasteiger charge is 2.14. The molecule has 0 aliphatic carbocycles. The molecule has 3 aromatic rings. The first-order valence-electron chi connectivity index (χ1n) is 6.37. The molecule has 0 N–H and O–H groups in total. The number of imidazole rings is 1. The van der Waals surface area contributed by atoms with Crippen LogP contribution >= 0.6 is 11.3 Å². The Hall–Kier alpha value is -1.68. The molecular formula is C15H17N3S. The lowest BCUT2D eigenvalue weighted by molar-refractivity contribution is 0.590. The Labute approximate surface area is 116 Å². The minimum atomic E-state index is 0.186. The first kappa shape index (κ1) is 12.4. The lowest BCUT2D eigenvalue weighted by Crippen LogP contribution is -2.10. The SMILES string of the molecule is Cc1nn2cc(-c3ccc(C(C)(C)C)cc3)nc2s1. The van der Waals surface area contributed by atoms with Crippen molar-refractivity contribution in [3.63, 3.8) is 0 Å². The molecule has 1 aromatic carbocycles. The molecule has 0 saturated heterocycles. The van der Waals surface area contributed by atoms with Gasteiger partial charge in [0.25, 0.3) is 0 Å². The second kappa shape index (κ2) is 4.17. The fraction of sp³-hybridized carbons (Fsp3) is 0.333. The van der Waals surface area contributed by atoms with Gasteiger partial charge in [-0.3, -0.25) is 0 Å². The van der Waals surface area contributed by atoms with Gasteiger partial charge < -0.3 is 0 Å². The van der Waals surface area contributed by atoms with E-state index in [-0.39, 0.29) is 5.41 Å². The van der Waals surface area contributed by atoms with E-state index in [1.807, 2.05) is 17.6 Å². The van der Waals surface area contributed by atoms with Gasteiger partial charge in [-0.05, 0) is 17.9 Å². The van der Waals surface area contributed by atoms with Crippen molar-refractivity contribution in [3.8, 4) is 11.3 Å². The van der Waals surface area contributed by atoms with E-state index >= 15 is 0 Å². The van der Waals surface area contributed by atoms with Gasteiger partial charge >= 0.3 is 0 Å². The fourth-order valence-electron chi connectivity index (χ4n) is 2.08. The number of aromatic nitrogens is 3. The Morgan fingerprint density at radius 3 is 2.37 bits per heavy atom. The molecule has 0 fully saturated rings. The molecule has 19 heavy (non-hydrogen) atoms. The number of hydrogen-bond donors (Lipinski definition) is 0. The van der Waals surface area contributed by atoms with E-state index in [4.69, 9.17) is 0 Å². The van der Waals surface area contributed by atoms with Crippen LogP contribution in [0.4, 0.5) is 0 Å². The predicted octanol–water partition coefficient (Wildman–Crippen LogP) is 4.06. The van der Waals surface area contributed by atoms with Crippen LogP contribution in [0.2, 0.25) is 0 Å². The van der Waals surface area contributed by atoms with Crippen molar-refractivity contribution < 1.29 is 0 Å². The Morgan fingerprint density at radius 1 is 1.11 bits per heavy atom. The van der Waals surface area contributed by atoms with Crippen LogP contribution in [0.15, 0.2) is 30.5 Å². The first-order valence-corrected chi connectivity index (χ1v) is 7.19. The minimum absolute atomic E-state index is 0.186. The highest BCUT2D eigenvalue weighted by molar-refractivity contribution is 7.16. The Bertz CT molecular complexity index is 683. The summed E-state index contributed by atoms with van der Waals surface area (Å²) < 4.78 is 1.85. The highest BCUT2D eigenvalue weighted by atomic mass is 32.1. The van der Waals surface area contributed by atoms with Gasteiger partial charge in [0.15, 0.2) is 0 Å². The standard InChI is InChI=1S/C15H17N3S/c1-10-17-18-9-13(16-14(18)19-10)11-5-7-12(8-6-11)15(2,3)4/h5-9H,1-4H3. The molecule has 98 valence electrons. The minimum Gasteiger partial charge on any atom is -0.217 e. The maximum Gasteiger partial charge on any atom is 0.212 e. The van der Waals surface area contributed by atoms with Gasteiger partial charge in [-0.2, -0.15) is 5.10 Å². The molecule has 0 spiro atoms. The van der Waals surface area contributed by atoms with Gasteiger partial charge in [0.05, 0.1) is 11.9 Å². The molecule has 0 amide bonds. The quantitative estimate of drug-likeness (QED) is 0.668. The van der Waals surface area contributed by atoms with Crippen molar-refractivity contribution >= 4 is 16.3 Å². The topological polar surface area (TPSA) is 30.2 Å².